The lowest BCUT2D eigenvalue weighted by molar-refractivity contribution is -0.138. The lowest BCUT2D eigenvalue weighted by Gasteiger charge is -2.19. The summed E-state index contributed by atoms with van der Waals surface area (Å²) in [5, 5.41) is 2.44. The van der Waals surface area contributed by atoms with E-state index in [0.29, 0.717) is 5.69 Å². The number of carbonyl (C=O) groups excluding carboxylic acids is 1. The molecule has 0 fully saturated rings. The molecule has 1 N–H and O–H groups in total. The Balaban J connectivity index is 2.67. The molecule has 1 aromatic rings. The van der Waals surface area contributed by atoms with Crippen LogP contribution < -0.4 is 5.32 Å². The second-order valence-electron chi connectivity index (χ2n) is 5.34. The molecule has 1 aromatic heterocycles. The summed E-state index contributed by atoms with van der Waals surface area (Å²) in [7, 11) is 0. The summed E-state index contributed by atoms with van der Waals surface area (Å²) >= 11 is 0. The van der Waals surface area contributed by atoms with Crippen molar-refractivity contribution in [3.63, 3.8) is 0 Å². The molecule has 0 saturated heterocycles. The fraction of sp³-hybridized carbons (Fsp3) is 0.538. The summed E-state index contributed by atoms with van der Waals surface area (Å²) in [6.45, 7) is 6.50. The Hall–Kier alpha value is -1.79. The van der Waals surface area contributed by atoms with Gasteiger partial charge in [-0.3, -0.25) is 4.98 Å². The first-order chi connectivity index (χ1) is 8.99. The van der Waals surface area contributed by atoms with Crippen LogP contribution in [0.2, 0.25) is 0 Å². The minimum atomic E-state index is -4.42. The standard InChI is InChI=1S/C13H17F3N2O2/c1-8-5-9(17-7-10(8)13(14,15)16)6-18-11(19)20-12(2,3)4/h5,7H,6H2,1-4H3,(H,18,19). The van der Waals surface area contributed by atoms with Crippen molar-refractivity contribution in [1.29, 1.82) is 0 Å². The van der Waals surface area contributed by atoms with Gasteiger partial charge in [-0.05, 0) is 39.3 Å². The Morgan fingerprint density at radius 1 is 1.35 bits per heavy atom. The summed E-state index contributed by atoms with van der Waals surface area (Å²) in [5.41, 5.74) is -1.01. The molecule has 1 amide bonds. The molecule has 1 rings (SSSR count). The first-order valence-corrected chi connectivity index (χ1v) is 5.98. The quantitative estimate of drug-likeness (QED) is 0.907. The van der Waals surface area contributed by atoms with Crippen LogP contribution in [0.4, 0.5) is 18.0 Å². The van der Waals surface area contributed by atoms with E-state index >= 15 is 0 Å². The molecule has 7 heteroatoms. The highest BCUT2D eigenvalue weighted by Crippen LogP contribution is 2.31. The maximum absolute atomic E-state index is 12.6. The average molecular weight is 290 g/mol. The van der Waals surface area contributed by atoms with E-state index in [0.717, 1.165) is 6.20 Å². The maximum atomic E-state index is 12.6. The van der Waals surface area contributed by atoms with Crippen molar-refractivity contribution in [1.82, 2.24) is 10.3 Å². The zero-order chi connectivity index (χ0) is 15.6. The van der Waals surface area contributed by atoms with Crippen LogP contribution in [0.5, 0.6) is 0 Å². The molecule has 0 bridgehead atoms. The summed E-state index contributed by atoms with van der Waals surface area (Å²) < 4.78 is 42.7. The number of amides is 1. The third-order valence-electron chi connectivity index (χ3n) is 2.29. The molecule has 0 atom stereocenters. The van der Waals surface area contributed by atoms with Gasteiger partial charge in [-0.25, -0.2) is 4.79 Å². The van der Waals surface area contributed by atoms with E-state index in [1.54, 1.807) is 20.8 Å². The Morgan fingerprint density at radius 3 is 2.40 bits per heavy atom. The van der Waals surface area contributed by atoms with Gasteiger partial charge in [0.25, 0.3) is 0 Å². The Morgan fingerprint density at radius 2 is 1.95 bits per heavy atom. The fourth-order valence-electron chi connectivity index (χ4n) is 1.48. The SMILES string of the molecule is Cc1cc(CNC(=O)OC(C)(C)C)ncc1C(F)(F)F. The third kappa shape index (κ3) is 5.07. The molecular formula is C13H17F3N2O2. The summed E-state index contributed by atoms with van der Waals surface area (Å²) in [4.78, 5) is 15.1. The average Bonchev–Trinajstić information content (AvgIpc) is 2.22. The number of rotatable bonds is 2. The zero-order valence-corrected chi connectivity index (χ0v) is 11.8. The van der Waals surface area contributed by atoms with Crippen LogP contribution in [0.1, 0.15) is 37.6 Å². The molecule has 1 heterocycles. The van der Waals surface area contributed by atoms with Crippen molar-refractivity contribution in [2.75, 3.05) is 0 Å². The number of hydrogen-bond acceptors (Lipinski definition) is 3. The molecule has 0 unspecified atom stereocenters. The highest BCUT2D eigenvalue weighted by molar-refractivity contribution is 5.67. The van der Waals surface area contributed by atoms with E-state index in [4.69, 9.17) is 4.74 Å². The van der Waals surface area contributed by atoms with Crippen molar-refractivity contribution in [3.05, 3.63) is 29.1 Å². The molecule has 0 aromatic carbocycles. The number of aryl methyl sites for hydroxylation is 1. The number of alkyl halides is 3. The highest BCUT2D eigenvalue weighted by atomic mass is 19.4. The van der Waals surface area contributed by atoms with Gasteiger partial charge in [0.1, 0.15) is 5.60 Å². The van der Waals surface area contributed by atoms with E-state index in [1.165, 1.54) is 13.0 Å². The zero-order valence-electron chi connectivity index (χ0n) is 11.8. The second-order valence-corrected chi connectivity index (χ2v) is 5.34. The highest BCUT2D eigenvalue weighted by Gasteiger charge is 2.32. The Bertz CT molecular complexity index is 493. The van der Waals surface area contributed by atoms with E-state index < -0.39 is 23.4 Å². The molecule has 0 saturated carbocycles. The molecule has 4 nitrogen and oxygen atoms in total. The van der Waals surface area contributed by atoms with Gasteiger partial charge in [0.15, 0.2) is 0 Å². The van der Waals surface area contributed by atoms with Crippen LogP contribution in [0.25, 0.3) is 0 Å². The van der Waals surface area contributed by atoms with Gasteiger partial charge in [0.2, 0.25) is 0 Å². The number of nitrogens with zero attached hydrogens (tertiary/aromatic N) is 1. The third-order valence-corrected chi connectivity index (χ3v) is 2.29. The molecule has 112 valence electrons. The number of carbonyl (C=O) groups is 1. The number of ether oxygens (including phenoxy) is 1. The van der Waals surface area contributed by atoms with E-state index in [2.05, 4.69) is 10.3 Å². The largest absolute Gasteiger partial charge is 0.444 e. The maximum Gasteiger partial charge on any atom is 0.418 e. The lowest BCUT2D eigenvalue weighted by Crippen LogP contribution is -2.32. The summed E-state index contributed by atoms with van der Waals surface area (Å²) in [6.07, 6.45) is -4.30. The molecule has 0 aliphatic heterocycles. The molecule has 0 spiro atoms. The van der Waals surface area contributed by atoms with Crippen LogP contribution in [-0.2, 0) is 17.5 Å². The molecule has 20 heavy (non-hydrogen) atoms. The van der Waals surface area contributed by atoms with Crippen molar-refractivity contribution in [2.24, 2.45) is 0 Å². The molecule has 0 aliphatic rings. The first kappa shape index (κ1) is 16.3. The number of hydrogen-bond donors (Lipinski definition) is 1. The van der Waals surface area contributed by atoms with Crippen molar-refractivity contribution >= 4 is 6.09 Å². The number of pyridine rings is 1. The summed E-state index contributed by atoms with van der Waals surface area (Å²) in [5.74, 6) is 0. The number of halogens is 3. The number of aromatic nitrogens is 1. The normalized spacial score (nSPS) is 12.2. The van der Waals surface area contributed by atoms with Crippen molar-refractivity contribution in [2.45, 2.75) is 46.0 Å². The lowest BCUT2D eigenvalue weighted by atomic mass is 10.1. The van der Waals surface area contributed by atoms with Gasteiger partial charge in [0.05, 0.1) is 17.8 Å². The Labute approximate surface area is 115 Å². The molecule has 0 aliphatic carbocycles. The van der Waals surface area contributed by atoms with Gasteiger partial charge in [0, 0.05) is 6.20 Å². The van der Waals surface area contributed by atoms with Gasteiger partial charge in [-0.2, -0.15) is 13.2 Å². The molecular weight excluding hydrogens is 273 g/mol. The topological polar surface area (TPSA) is 51.2 Å². The predicted molar refractivity (Wildman–Crippen MR) is 67.0 cm³/mol. The predicted octanol–water partition coefficient (Wildman–Crippen LogP) is 3.43. The van der Waals surface area contributed by atoms with E-state index in [-0.39, 0.29) is 12.1 Å². The smallest absolute Gasteiger partial charge is 0.418 e. The van der Waals surface area contributed by atoms with E-state index in [9.17, 15) is 18.0 Å². The molecule has 0 radical (unpaired) electrons. The second kappa shape index (κ2) is 5.68. The van der Waals surface area contributed by atoms with Crippen LogP contribution in [0, 0.1) is 6.92 Å². The van der Waals surface area contributed by atoms with Crippen molar-refractivity contribution < 1.29 is 22.7 Å². The number of alkyl carbamates (subject to hydrolysis) is 1. The van der Waals surface area contributed by atoms with Crippen LogP contribution in [-0.4, -0.2) is 16.7 Å². The fourth-order valence-corrected chi connectivity index (χ4v) is 1.48. The van der Waals surface area contributed by atoms with Crippen molar-refractivity contribution in [3.8, 4) is 0 Å². The monoisotopic (exact) mass is 290 g/mol. The number of nitrogens with one attached hydrogen (secondary N) is 1. The van der Waals surface area contributed by atoms with Crippen LogP contribution >= 0.6 is 0 Å². The van der Waals surface area contributed by atoms with Crippen LogP contribution in [0.15, 0.2) is 12.3 Å². The minimum Gasteiger partial charge on any atom is -0.444 e. The van der Waals surface area contributed by atoms with Gasteiger partial charge in [-0.15, -0.1) is 0 Å². The minimum absolute atomic E-state index is 0.00783. The van der Waals surface area contributed by atoms with E-state index in [1.807, 2.05) is 0 Å². The summed E-state index contributed by atoms with van der Waals surface area (Å²) in [6, 6.07) is 1.29. The van der Waals surface area contributed by atoms with Crippen LogP contribution in [0.3, 0.4) is 0 Å². The first-order valence-electron chi connectivity index (χ1n) is 5.98. The Kier molecular flexibility index (Phi) is 4.62. The van der Waals surface area contributed by atoms with Gasteiger partial charge < -0.3 is 10.1 Å². The van der Waals surface area contributed by atoms with Gasteiger partial charge >= 0.3 is 12.3 Å². The van der Waals surface area contributed by atoms with Gasteiger partial charge in [-0.1, -0.05) is 0 Å².